The molecule has 160 valence electrons. The highest BCUT2D eigenvalue weighted by molar-refractivity contribution is 7.99. The highest BCUT2D eigenvalue weighted by atomic mass is 32.2. The fraction of sp³-hybridized carbons (Fsp3) is 0.125. The normalized spacial score (nSPS) is 11.3. The Hall–Kier alpha value is -3.36. The Morgan fingerprint density at radius 3 is 2.72 bits per heavy atom. The lowest BCUT2D eigenvalue weighted by molar-refractivity contribution is -0.113. The molecule has 0 saturated heterocycles. The minimum absolute atomic E-state index is 0.131. The molecule has 3 heterocycles. The molecule has 2 aromatic carbocycles. The summed E-state index contributed by atoms with van der Waals surface area (Å²) in [6.07, 6.45) is 0. The van der Waals surface area contributed by atoms with Crippen molar-refractivity contribution >= 4 is 56.8 Å². The number of carbonyl (C=O) groups excluding carboxylic acids is 1. The fourth-order valence-electron chi connectivity index (χ4n) is 3.43. The van der Waals surface area contributed by atoms with E-state index in [1.807, 2.05) is 73.0 Å². The Balaban J connectivity index is 1.49. The summed E-state index contributed by atoms with van der Waals surface area (Å²) in [5.74, 6) is -0.0283. The SMILES string of the molecule is Cc1ccc(NC(=O)CSc2nc3c(oc4ccccc43)c(=O)n2Cc2cccs2)cc1. The lowest BCUT2D eigenvalue weighted by Crippen LogP contribution is -2.24. The van der Waals surface area contributed by atoms with Crippen LogP contribution in [-0.2, 0) is 11.3 Å². The van der Waals surface area contributed by atoms with Crippen LogP contribution in [-0.4, -0.2) is 21.2 Å². The lowest BCUT2D eigenvalue weighted by Gasteiger charge is -2.11. The van der Waals surface area contributed by atoms with Crippen LogP contribution in [0.25, 0.3) is 22.1 Å². The monoisotopic (exact) mass is 461 g/mol. The molecule has 0 bridgehead atoms. The molecule has 32 heavy (non-hydrogen) atoms. The quantitative estimate of drug-likeness (QED) is 0.275. The van der Waals surface area contributed by atoms with Crippen molar-refractivity contribution in [3.05, 3.63) is 86.8 Å². The van der Waals surface area contributed by atoms with Gasteiger partial charge in [-0.1, -0.05) is 47.7 Å². The van der Waals surface area contributed by atoms with Crippen LogP contribution in [0.4, 0.5) is 5.69 Å². The number of aryl methyl sites for hydroxylation is 1. The molecular weight excluding hydrogens is 442 g/mol. The summed E-state index contributed by atoms with van der Waals surface area (Å²) >= 11 is 2.81. The van der Waals surface area contributed by atoms with Gasteiger partial charge in [0.05, 0.1) is 12.3 Å². The van der Waals surface area contributed by atoms with E-state index in [2.05, 4.69) is 5.32 Å². The van der Waals surface area contributed by atoms with Crippen molar-refractivity contribution in [2.24, 2.45) is 0 Å². The number of hydrogen-bond acceptors (Lipinski definition) is 6. The molecule has 3 aromatic heterocycles. The summed E-state index contributed by atoms with van der Waals surface area (Å²) in [4.78, 5) is 31.7. The molecule has 1 amide bonds. The van der Waals surface area contributed by atoms with Crippen molar-refractivity contribution in [1.82, 2.24) is 9.55 Å². The second-order valence-corrected chi connectivity index (χ2v) is 9.32. The molecule has 0 saturated carbocycles. The van der Waals surface area contributed by atoms with Gasteiger partial charge < -0.3 is 9.73 Å². The van der Waals surface area contributed by atoms with E-state index < -0.39 is 0 Å². The summed E-state index contributed by atoms with van der Waals surface area (Å²) in [5.41, 5.74) is 2.99. The molecule has 0 aliphatic heterocycles. The predicted molar refractivity (Wildman–Crippen MR) is 130 cm³/mol. The molecule has 6 nitrogen and oxygen atoms in total. The number of benzene rings is 2. The molecular formula is C24H19N3O3S2. The van der Waals surface area contributed by atoms with Crippen molar-refractivity contribution < 1.29 is 9.21 Å². The van der Waals surface area contributed by atoms with E-state index in [0.29, 0.717) is 22.8 Å². The van der Waals surface area contributed by atoms with Gasteiger partial charge in [0.2, 0.25) is 11.5 Å². The van der Waals surface area contributed by atoms with Gasteiger partial charge in [0, 0.05) is 16.0 Å². The van der Waals surface area contributed by atoms with Gasteiger partial charge in [0.1, 0.15) is 11.1 Å². The molecule has 1 N–H and O–H groups in total. The van der Waals surface area contributed by atoms with Gasteiger partial charge in [-0.2, -0.15) is 0 Å². The van der Waals surface area contributed by atoms with E-state index >= 15 is 0 Å². The van der Waals surface area contributed by atoms with E-state index in [1.54, 1.807) is 15.9 Å². The summed E-state index contributed by atoms with van der Waals surface area (Å²) in [6, 6.07) is 19.0. The van der Waals surface area contributed by atoms with Crippen LogP contribution >= 0.6 is 23.1 Å². The molecule has 0 fully saturated rings. The van der Waals surface area contributed by atoms with Gasteiger partial charge in [-0.15, -0.1) is 11.3 Å². The zero-order valence-electron chi connectivity index (χ0n) is 17.2. The number of para-hydroxylation sites is 1. The molecule has 0 aliphatic carbocycles. The van der Waals surface area contributed by atoms with E-state index in [-0.39, 0.29) is 22.8 Å². The van der Waals surface area contributed by atoms with Gasteiger partial charge in [0.25, 0.3) is 5.56 Å². The Kier molecular flexibility index (Phi) is 5.55. The second-order valence-electron chi connectivity index (χ2n) is 7.34. The van der Waals surface area contributed by atoms with E-state index in [1.165, 1.54) is 11.8 Å². The average Bonchev–Trinajstić information content (AvgIpc) is 3.44. The van der Waals surface area contributed by atoms with Gasteiger partial charge in [-0.05, 0) is 42.6 Å². The number of hydrogen-bond donors (Lipinski definition) is 1. The van der Waals surface area contributed by atoms with E-state index in [0.717, 1.165) is 21.5 Å². The number of thioether (sulfide) groups is 1. The van der Waals surface area contributed by atoms with Crippen LogP contribution in [0.1, 0.15) is 10.4 Å². The summed E-state index contributed by atoms with van der Waals surface area (Å²) < 4.78 is 7.42. The second kappa shape index (κ2) is 8.64. The molecule has 8 heteroatoms. The number of aromatic nitrogens is 2. The molecule has 5 rings (SSSR count). The largest absolute Gasteiger partial charge is 0.448 e. The van der Waals surface area contributed by atoms with Gasteiger partial charge in [-0.25, -0.2) is 4.98 Å². The number of anilines is 1. The van der Waals surface area contributed by atoms with Crippen LogP contribution in [0.3, 0.4) is 0 Å². The third-order valence-corrected chi connectivity index (χ3v) is 6.85. The average molecular weight is 462 g/mol. The minimum Gasteiger partial charge on any atom is -0.448 e. The first-order chi connectivity index (χ1) is 15.6. The first-order valence-electron chi connectivity index (χ1n) is 10.0. The molecule has 0 aliphatic rings. The molecule has 5 aromatic rings. The van der Waals surface area contributed by atoms with Gasteiger partial charge >= 0.3 is 0 Å². The van der Waals surface area contributed by atoms with Crippen molar-refractivity contribution in [2.75, 3.05) is 11.1 Å². The Morgan fingerprint density at radius 2 is 1.94 bits per heavy atom. The number of fused-ring (bicyclic) bond motifs is 3. The Bertz CT molecular complexity index is 1470. The van der Waals surface area contributed by atoms with Crippen LogP contribution in [0.15, 0.2) is 80.4 Å². The maximum Gasteiger partial charge on any atom is 0.298 e. The zero-order valence-corrected chi connectivity index (χ0v) is 18.8. The Labute approximate surface area is 191 Å². The van der Waals surface area contributed by atoms with Crippen LogP contribution in [0.2, 0.25) is 0 Å². The summed E-state index contributed by atoms with van der Waals surface area (Å²) in [6.45, 7) is 2.37. The molecule has 0 radical (unpaired) electrons. The van der Waals surface area contributed by atoms with Crippen molar-refractivity contribution in [2.45, 2.75) is 18.6 Å². The summed E-state index contributed by atoms with van der Waals surface area (Å²) in [5, 5.41) is 6.13. The van der Waals surface area contributed by atoms with Gasteiger partial charge in [0.15, 0.2) is 5.16 Å². The number of nitrogens with one attached hydrogen (secondary N) is 1. The third kappa shape index (κ3) is 4.06. The number of rotatable bonds is 6. The number of thiophene rings is 1. The zero-order chi connectivity index (χ0) is 22.1. The smallest absolute Gasteiger partial charge is 0.298 e. The van der Waals surface area contributed by atoms with Crippen molar-refractivity contribution in [3.8, 4) is 0 Å². The highest BCUT2D eigenvalue weighted by Gasteiger charge is 2.19. The van der Waals surface area contributed by atoms with Crippen molar-refractivity contribution in [1.29, 1.82) is 0 Å². The van der Waals surface area contributed by atoms with E-state index in [4.69, 9.17) is 9.40 Å². The van der Waals surface area contributed by atoms with Crippen molar-refractivity contribution in [3.63, 3.8) is 0 Å². The number of amides is 1. The topological polar surface area (TPSA) is 77.1 Å². The summed E-state index contributed by atoms with van der Waals surface area (Å²) in [7, 11) is 0. The van der Waals surface area contributed by atoms with E-state index in [9.17, 15) is 9.59 Å². The Morgan fingerprint density at radius 1 is 1.12 bits per heavy atom. The van der Waals surface area contributed by atoms with Crippen LogP contribution in [0, 0.1) is 6.92 Å². The fourth-order valence-corrected chi connectivity index (χ4v) is 4.91. The lowest BCUT2D eigenvalue weighted by atomic mass is 10.2. The standard InChI is InChI=1S/C24H19N3O3S2/c1-15-8-10-16(11-9-15)25-20(28)14-32-24-26-21-18-6-2-3-7-19(18)30-22(21)23(29)27(24)13-17-5-4-12-31-17/h2-12H,13-14H2,1H3,(H,25,28). The number of nitrogens with zero attached hydrogens (tertiary/aromatic N) is 2. The van der Waals surface area contributed by atoms with Crippen LogP contribution < -0.4 is 10.9 Å². The first-order valence-corrected chi connectivity index (χ1v) is 11.9. The number of furan rings is 1. The molecule has 0 spiro atoms. The number of carbonyl (C=O) groups is 1. The minimum atomic E-state index is -0.249. The van der Waals surface area contributed by atoms with Gasteiger partial charge in [-0.3, -0.25) is 14.2 Å². The molecule has 0 unspecified atom stereocenters. The van der Waals surface area contributed by atoms with Crippen LogP contribution in [0.5, 0.6) is 0 Å². The third-order valence-electron chi connectivity index (χ3n) is 5.01. The first kappa shape index (κ1) is 20.5. The predicted octanol–water partition coefficient (Wildman–Crippen LogP) is 5.29. The maximum absolute atomic E-state index is 13.3. The highest BCUT2D eigenvalue weighted by Crippen LogP contribution is 2.28. The molecule has 0 atom stereocenters. The maximum atomic E-state index is 13.3.